The molecule has 1 saturated heterocycles. The first-order valence-electron chi connectivity index (χ1n) is 8.74. The highest BCUT2D eigenvalue weighted by Crippen LogP contribution is 2.28. The van der Waals surface area contributed by atoms with Gasteiger partial charge >= 0.3 is 0 Å². The Hall–Kier alpha value is -2.63. The van der Waals surface area contributed by atoms with Gasteiger partial charge in [-0.05, 0) is 32.3 Å². The van der Waals surface area contributed by atoms with E-state index in [1.165, 1.54) is 6.39 Å². The predicted molar refractivity (Wildman–Crippen MR) is 94.3 cm³/mol. The fraction of sp³-hybridized carbons (Fsp3) is 0.421. The quantitative estimate of drug-likeness (QED) is 0.907. The van der Waals surface area contributed by atoms with Crippen LogP contribution in [0.1, 0.15) is 54.0 Å². The summed E-state index contributed by atoms with van der Waals surface area (Å²) in [5, 5.41) is 2.89. The highest BCUT2D eigenvalue weighted by molar-refractivity contribution is 6.04. The molecule has 1 aromatic carbocycles. The fourth-order valence-corrected chi connectivity index (χ4v) is 2.95. The van der Waals surface area contributed by atoms with Crippen LogP contribution in [0.3, 0.4) is 0 Å². The molecule has 132 valence electrons. The van der Waals surface area contributed by atoms with E-state index in [2.05, 4.69) is 10.3 Å². The molecule has 1 aromatic heterocycles. The van der Waals surface area contributed by atoms with Crippen LogP contribution in [-0.4, -0.2) is 40.8 Å². The van der Waals surface area contributed by atoms with E-state index in [0.29, 0.717) is 16.9 Å². The van der Waals surface area contributed by atoms with Crippen molar-refractivity contribution < 1.29 is 14.0 Å². The maximum atomic E-state index is 12.8. The molecule has 1 atom stereocenters. The van der Waals surface area contributed by atoms with E-state index in [9.17, 15) is 9.59 Å². The molecule has 1 aliphatic heterocycles. The van der Waals surface area contributed by atoms with Crippen molar-refractivity contribution in [1.29, 1.82) is 0 Å². The number of amides is 2. The van der Waals surface area contributed by atoms with Crippen molar-refractivity contribution in [3.63, 3.8) is 0 Å². The predicted octanol–water partition coefficient (Wildman–Crippen LogP) is 3.11. The van der Waals surface area contributed by atoms with E-state index in [4.69, 9.17) is 4.42 Å². The normalized spacial score (nSPS) is 15.2. The average molecular weight is 341 g/mol. The SMILES string of the molecule is CC[C@H](C)NC(=O)c1ncoc1-c1ccccc1C(=O)N1CCCC1. The summed E-state index contributed by atoms with van der Waals surface area (Å²) < 4.78 is 5.50. The highest BCUT2D eigenvalue weighted by atomic mass is 16.3. The summed E-state index contributed by atoms with van der Waals surface area (Å²) in [5.41, 5.74) is 1.35. The third-order valence-corrected chi connectivity index (χ3v) is 4.57. The van der Waals surface area contributed by atoms with Gasteiger partial charge in [0.1, 0.15) is 0 Å². The summed E-state index contributed by atoms with van der Waals surface area (Å²) in [6.45, 7) is 5.47. The van der Waals surface area contributed by atoms with Crippen LogP contribution in [0, 0.1) is 0 Å². The van der Waals surface area contributed by atoms with Crippen molar-refractivity contribution in [2.75, 3.05) is 13.1 Å². The minimum absolute atomic E-state index is 0.0298. The molecule has 2 heterocycles. The molecule has 6 heteroatoms. The number of hydrogen-bond donors (Lipinski definition) is 1. The zero-order valence-corrected chi connectivity index (χ0v) is 14.6. The Kier molecular flexibility index (Phi) is 5.16. The lowest BCUT2D eigenvalue weighted by molar-refractivity contribution is 0.0792. The Morgan fingerprint density at radius 2 is 2.00 bits per heavy atom. The molecule has 0 unspecified atom stereocenters. The number of carbonyl (C=O) groups excluding carboxylic acids is 2. The molecule has 2 aromatic rings. The third-order valence-electron chi connectivity index (χ3n) is 4.57. The van der Waals surface area contributed by atoms with E-state index in [0.717, 1.165) is 32.4 Å². The lowest BCUT2D eigenvalue weighted by Gasteiger charge is -2.17. The lowest BCUT2D eigenvalue weighted by atomic mass is 10.0. The molecular weight excluding hydrogens is 318 g/mol. The zero-order chi connectivity index (χ0) is 17.8. The molecule has 3 rings (SSSR count). The van der Waals surface area contributed by atoms with Crippen molar-refractivity contribution >= 4 is 11.8 Å². The van der Waals surface area contributed by atoms with Gasteiger partial charge in [-0.1, -0.05) is 25.1 Å². The van der Waals surface area contributed by atoms with Gasteiger partial charge in [0, 0.05) is 24.7 Å². The van der Waals surface area contributed by atoms with Crippen LogP contribution in [0.5, 0.6) is 0 Å². The fourth-order valence-electron chi connectivity index (χ4n) is 2.95. The topological polar surface area (TPSA) is 75.4 Å². The summed E-state index contributed by atoms with van der Waals surface area (Å²) in [6.07, 6.45) is 4.12. The number of oxazole rings is 1. The van der Waals surface area contributed by atoms with Gasteiger partial charge in [-0.15, -0.1) is 0 Å². The summed E-state index contributed by atoms with van der Waals surface area (Å²) in [4.78, 5) is 31.2. The second-order valence-electron chi connectivity index (χ2n) is 6.36. The molecule has 1 aliphatic rings. The first kappa shape index (κ1) is 17.2. The molecule has 0 radical (unpaired) electrons. The molecule has 0 aliphatic carbocycles. The minimum Gasteiger partial charge on any atom is -0.443 e. The molecule has 0 spiro atoms. The van der Waals surface area contributed by atoms with Crippen molar-refractivity contribution in [2.24, 2.45) is 0 Å². The number of hydrogen-bond acceptors (Lipinski definition) is 4. The van der Waals surface area contributed by atoms with E-state index < -0.39 is 0 Å². The second kappa shape index (κ2) is 7.51. The third kappa shape index (κ3) is 3.57. The Morgan fingerprint density at radius 1 is 1.28 bits per heavy atom. The van der Waals surface area contributed by atoms with Crippen molar-refractivity contribution in [3.05, 3.63) is 41.9 Å². The maximum absolute atomic E-state index is 12.8. The van der Waals surface area contributed by atoms with Gasteiger partial charge in [-0.2, -0.15) is 0 Å². The standard InChI is InChI=1S/C19H23N3O3/c1-3-13(2)21-18(23)16-17(25-12-20-16)14-8-4-5-9-15(14)19(24)22-10-6-7-11-22/h4-5,8-9,12-13H,3,6-7,10-11H2,1-2H3,(H,21,23)/t13-/m0/s1. The Balaban J connectivity index is 1.94. The average Bonchev–Trinajstić information content (AvgIpc) is 3.32. The lowest BCUT2D eigenvalue weighted by Crippen LogP contribution is -2.32. The van der Waals surface area contributed by atoms with Gasteiger partial charge < -0.3 is 14.6 Å². The van der Waals surface area contributed by atoms with Gasteiger partial charge in [0.2, 0.25) is 0 Å². The maximum Gasteiger partial charge on any atom is 0.274 e. The van der Waals surface area contributed by atoms with Crippen LogP contribution in [0.25, 0.3) is 11.3 Å². The van der Waals surface area contributed by atoms with Gasteiger partial charge in [0.15, 0.2) is 17.8 Å². The largest absolute Gasteiger partial charge is 0.443 e. The molecule has 1 N–H and O–H groups in total. The monoisotopic (exact) mass is 341 g/mol. The van der Waals surface area contributed by atoms with E-state index in [1.807, 2.05) is 30.9 Å². The molecule has 2 amide bonds. The molecule has 0 bridgehead atoms. The summed E-state index contributed by atoms with van der Waals surface area (Å²) in [6, 6.07) is 7.26. The van der Waals surface area contributed by atoms with E-state index in [-0.39, 0.29) is 23.6 Å². The number of benzene rings is 1. The number of aromatic nitrogens is 1. The number of nitrogens with zero attached hydrogens (tertiary/aromatic N) is 2. The highest BCUT2D eigenvalue weighted by Gasteiger charge is 2.26. The zero-order valence-electron chi connectivity index (χ0n) is 14.6. The summed E-state index contributed by atoms with van der Waals surface area (Å²) >= 11 is 0. The van der Waals surface area contributed by atoms with Crippen molar-refractivity contribution in [3.8, 4) is 11.3 Å². The van der Waals surface area contributed by atoms with Gasteiger partial charge in [0.25, 0.3) is 11.8 Å². The van der Waals surface area contributed by atoms with Crippen LogP contribution >= 0.6 is 0 Å². The van der Waals surface area contributed by atoms with Gasteiger partial charge in [0.05, 0.1) is 5.56 Å². The second-order valence-corrected chi connectivity index (χ2v) is 6.36. The number of carbonyl (C=O) groups is 2. The Morgan fingerprint density at radius 3 is 2.72 bits per heavy atom. The molecule has 25 heavy (non-hydrogen) atoms. The van der Waals surface area contributed by atoms with Gasteiger partial charge in [-0.25, -0.2) is 4.98 Å². The Bertz CT molecular complexity index is 763. The first-order chi connectivity index (χ1) is 12.1. The van der Waals surface area contributed by atoms with Crippen LogP contribution < -0.4 is 5.32 Å². The van der Waals surface area contributed by atoms with Crippen molar-refractivity contribution in [2.45, 2.75) is 39.2 Å². The van der Waals surface area contributed by atoms with E-state index >= 15 is 0 Å². The van der Waals surface area contributed by atoms with Crippen molar-refractivity contribution in [1.82, 2.24) is 15.2 Å². The Labute approximate surface area is 147 Å². The smallest absolute Gasteiger partial charge is 0.274 e. The molecule has 1 fully saturated rings. The van der Waals surface area contributed by atoms with Crippen LogP contribution in [0.4, 0.5) is 0 Å². The molecule has 0 saturated carbocycles. The summed E-state index contributed by atoms with van der Waals surface area (Å²) in [5.74, 6) is 0.0169. The van der Waals surface area contributed by atoms with Gasteiger partial charge in [-0.3, -0.25) is 9.59 Å². The number of nitrogens with one attached hydrogen (secondary N) is 1. The molecular formula is C19H23N3O3. The number of likely N-dealkylation sites (tertiary alicyclic amines) is 1. The molecule has 6 nitrogen and oxygen atoms in total. The number of rotatable bonds is 5. The minimum atomic E-state index is -0.290. The van der Waals surface area contributed by atoms with Crippen LogP contribution in [-0.2, 0) is 0 Å². The first-order valence-corrected chi connectivity index (χ1v) is 8.74. The van der Waals surface area contributed by atoms with Crippen LogP contribution in [0.2, 0.25) is 0 Å². The van der Waals surface area contributed by atoms with Crippen LogP contribution in [0.15, 0.2) is 35.1 Å². The summed E-state index contributed by atoms with van der Waals surface area (Å²) in [7, 11) is 0. The van der Waals surface area contributed by atoms with E-state index in [1.54, 1.807) is 12.1 Å².